The van der Waals surface area contributed by atoms with E-state index >= 15 is 0 Å². The molecule has 20 heavy (non-hydrogen) atoms. The van der Waals surface area contributed by atoms with Crippen LogP contribution in [0.25, 0.3) is 11.0 Å². The van der Waals surface area contributed by atoms with E-state index in [2.05, 4.69) is 10.3 Å². The molecule has 5 nitrogen and oxygen atoms in total. The number of benzene rings is 1. The first-order valence-electron chi connectivity index (χ1n) is 5.82. The fraction of sp³-hybridized carbons (Fsp3) is 0.333. The molecule has 0 spiro atoms. The number of carbonyl (C=O) groups excluding carboxylic acids is 1. The second kappa shape index (κ2) is 4.69. The fourth-order valence-corrected chi connectivity index (χ4v) is 2.03. The predicted octanol–water partition coefficient (Wildman–Crippen LogP) is 1.94. The van der Waals surface area contributed by atoms with E-state index in [0.717, 1.165) is 4.57 Å². The molecule has 1 aromatic heterocycles. The normalized spacial score (nSPS) is 13.4. The molecular formula is C12H13F3N4O. The highest BCUT2D eigenvalue weighted by Crippen LogP contribution is 2.34. The number of likely N-dealkylation sites (N-methyl/N-ethyl adjacent to an activating group) is 1. The van der Waals surface area contributed by atoms with Crippen LogP contribution in [0.4, 0.5) is 18.9 Å². The molecule has 8 heteroatoms. The van der Waals surface area contributed by atoms with Crippen LogP contribution in [0.2, 0.25) is 0 Å². The highest BCUT2D eigenvalue weighted by Gasteiger charge is 2.39. The number of imidazole rings is 1. The lowest BCUT2D eigenvalue weighted by atomic mass is 10.2. The third-order valence-corrected chi connectivity index (χ3v) is 2.98. The van der Waals surface area contributed by atoms with Gasteiger partial charge in [0.25, 0.3) is 0 Å². The van der Waals surface area contributed by atoms with E-state index in [1.54, 1.807) is 0 Å². The fourth-order valence-electron chi connectivity index (χ4n) is 2.03. The predicted molar refractivity (Wildman–Crippen MR) is 67.9 cm³/mol. The molecular weight excluding hydrogens is 273 g/mol. The Morgan fingerprint density at radius 3 is 2.65 bits per heavy atom. The maximum absolute atomic E-state index is 13.1. The number of hydrogen-bond donors (Lipinski definition) is 2. The Balaban J connectivity index is 2.74. The highest BCUT2D eigenvalue weighted by molar-refractivity contribution is 5.85. The van der Waals surface area contributed by atoms with Gasteiger partial charge < -0.3 is 15.6 Å². The summed E-state index contributed by atoms with van der Waals surface area (Å²) in [6.07, 6.45) is -4.66. The number of amides is 1. The SMILES string of the molecule is CNC(=O)C(C)n1c(C(F)(F)F)nc2cc(N)ccc21. The van der Waals surface area contributed by atoms with Crippen molar-refractivity contribution in [3.8, 4) is 0 Å². The minimum Gasteiger partial charge on any atom is -0.399 e. The minimum absolute atomic E-state index is 0.105. The number of fused-ring (bicyclic) bond motifs is 1. The summed E-state index contributed by atoms with van der Waals surface area (Å²) in [5, 5.41) is 2.33. The zero-order valence-corrected chi connectivity index (χ0v) is 10.8. The molecule has 0 aliphatic heterocycles. The number of alkyl halides is 3. The lowest BCUT2D eigenvalue weighted by molar-refractivity contribution is -0.148. The van der Waals surface area contributed by atoms with E-state index in [4.69, 9.17) is 5.73 Å². The lowest BCUT2D eigenvalue weighted by Crippen LogP contribution is -2.30. The van der Waals surface area contributed by atoms with Crippen molar-refractivity contribution in [2.75, 3.05) is 12.8 Å². The van der Waals surface area contributed by atoms with Crippen LogP contribution < -0.4 is 11.1 Å². The summed E-state index contributed by atoms with van der Waals surface area (Å²) in [4.78, 5) is 15.2. The van der Waals surface area contributed by atoms with Crippen LogP contribution in [0.3, 0.4) is 0 Å². The number of nitrogens with two attached hydrogens (primary N) is 1. The first-order valence-corrected chi connectivity index (χ1v) is 5.82. The van der Waals surface area contributed by atoms with E-state index in [1.165, 1.54) is 32.2 Å². The number of carbonyl (C=O) groups is 1. The van der Waals surface area contributed by atoms with Crippen molar-refractivity contribution >= 4 is 22.6 Å². The molecule has 2 rings (SSSR count). The summed E-state index contributed by atoms with van der Waals surface area (Å²) in [6.45, 7) is 1.38. The Bertz CT molecular complexity index is 663. The average Bonchev–Trinajstić information content (AvgIpc) is 2.75. The van der Waals surface area contributed by atoms with Gasteiger partial charge in [0.2, 0.25) is 11.7 Å². The van der Waals surface area contributed by atoms with Gasteiger partial charge in [-0.1, -0.05) is 0 Å². The van der Waals surface area contributed by atoms with Gasteiger partial charge in [-0.2, -0.15) is 13.2 Å². The highest BCUT2D eigenvalue weighted by atomic mass is 19.4. The summed E-state index contributed by atoms with van der Waals surface area (Å²) in [7, 11) is 1.36. The second-order valence-corrected chi connectivity index (χ2v) is 4.34. The number of nitrogen functional groups attached to an aromatic ring is 1. The molecule has 2 aromatic rings. The molecule has 0 saturated carbocycles. The first-order chi connectivity index (χ1) is 9.25. The molecule has 1 amide bonds. The zero-order chi connectivity index (χ0) is 15.1. The minimum atomic E-state index is -4.66. The standard InChI is InChI=1S/C12H13F3N4O/c1-6(10(20)17-2)19-9-4-3-7(16)5-8(9)18-11(19)12(13,14)15/h3-6H,16H2,1-2H3,(H,17,20). The summed E-state index contributed by atoms with van der Waals surface area (Å²) in [5.41, 5.74) is 6.17. The average molecular weight is 286 g/mol. The summed E-state index contributed by atoms with van der Waals surface area (Å²) < 4.78 is 40.1. The molecule has 0 radical (unpaired) electrons. The van der Waals surface area contributed by atoms with Crippen LogP contribution in [0.5, 0.6) is 0 Å². The molecule has 108 valence electrons. The third-order valence-electron chi connectivity index (χ3n) is 2.98. The molecule has 0 aliphatic rings. The topological polar surface area (TPSA) is 72.9 Å². The molecule has 0 aliphatic carbocycles. The van der Waals surface area contributed by atoms with Crippen molar-refractivity contribution < 1.29 is 18.0 Å². The van der Waals surface area contributed by atoms with E-state index in [-0.39, 0.29) is 11.0 Å². The van der Waals surface area contributed by atoms with Crippen molar-refractivity contribution in [3.05, 3.63) is 24.0 Å². The number of nitrogens with one attached hydrogen (secondary N) is 1. The molecule has 1 unspecified atom stereocenters. The Morgan fingerprint density at radius 2 is 2.10 bits per heavy atom. The van der Waals surface area contributed by atoms with Crippen LogP contribution in [0.15, 0.2) is 18.2 Å². The van der Waals surface area contributed by atoms with Gasteiger partial charge in [-0.3, -0.25) is 4.79 Å². The number of halogens is 3. The molecule has 0 fully saturated rings. The van der Waals surface area contributed by atoms with Gasteiger partial charge in [0, 0.05) is 12.7 Å². The lowest BCUT2D eigenvalue weighted by Gasteiger charge is -2.17. The number of nitrogens with zero attached hydrogens (tertiary/aromatic N) is 2. The van der Waals surface area contributed by atoms with Gasteiger partial charge in [0.05, 0.1) is 11.0 Å². The molecule has 1 heterocycles. The van der Waals surface area contributed by atoms with Crippen molar-refractivity contribution in [1.29, 1.82) is 0 Å². The zero-order valence-electron chi connectivity index (χ0n) is 10.8. The van der Waals surface area contributed by atoms with E-state index in [1.807, 2.05) is 0 Å². The van der Waals surface area contributed by atoms with E-state index in [9.17, 15) is 18.0 Å². The number of aromatic nitrogens is 2. The Labute approximate surface area is 112 Å². The molecule has 0 saturated heterocycles. The smallest absolute Gasteiger partial charge is 0.399 e. The first kappa shape index (κ1) is 14.2. The van der Waals surface area contributed by atoms with E-state index < -0.39 is 23.9 Å². The van der Waals surface area contributed by atoms with Gasteiger partial charge in [0.15, 0.2) is 0 Å². The summed E-state index contributed by atoms with van der Waals surface area (Å²) >= 11 is 0. The number of hydrogen-bond acceptors (Lipinski definition) is 3. The van der Waals surface area contributed by atoms with Crippen molar-refractivity contribution in [2.24, 2.45) is 0 Å². The number of anilines is 1. The summed E-state index contributed by atoms with van der Waals surface area (Å²) in [5.74, 6) is -1.65. The van der Waals surface area contributed by atoms with Gasteiger partial charge in [-0.15, -0.1) is 0 Å². The summed E-state index contributed by atoms with van der Waals surface area (Å²) in [6, 6.07) is 3.20. The van der Waals surface area contributed by atoms with Crippen LogP contribution in [-0.4, -0.2) is 22.5 Å². The maximum atomic E-state index is 13.1. The molecule has 0 bridgehead atoms. The molecule has 3 N–H and O–H groups in total. The largest absolute Gasteiger partial charge is 0.449 e. The van der Waals surface area contributed by atoms with E-state index in [0.29, 0.717) is 5.69 Å². The maximum Gasteiger partial charge on any atom is 0.449 e. The van der Waals surface area contributed by atoms with Crippen LogP contribution >= 0.6 is 0 Å². The van der Waals surface area contributed by atoms with Gasteiger partial charge in [0.1, 0.15) is 6.04 Å². The van der Waals surface area contributed by atoms with Crippen molar-refractivity contribution in [2.45, 2.75) is 19.1 Å². The monoisotopic (exact) mass is 286 g/mol. The van der Waals surface area contributed by atoms with Crippen molar-refractivity contribution in [1.82, 2.24) is 14.9 Å². The van der Waals surface area contributed by atoms with Gasteiger partial charge in [-0.25, -0.2) is 4.98 Å². The second-order valence-electron chi connectivity index (χ2n) is 4.34. The van der Waals surface area contributed by atoms with Crippen LogP contribution in [-0.2, 0) is 11.0 Å². The molecule has 1 aromatic carbocycles. The Morgan fingerprint density at radius 1 is 1.45 bits per heavy atom. The van der Waals surface area contributed by atoms with Crippen LogP contribution in [0.1, 0.15) is 18.8 Å². The van der Waals surface area contributed by atoms with Gasteiger partial charge in [-0.05, 0) is 25.1 Å². The third kappa shape index (κ3) is 2.28. The quantitative estimate of drug-likeness (QED) is 0.829. The van der Waals surface area contributed by atoms with Crippen molar-refractivity contribution in [3.63, 3.8) is 0 Å². The Hall–Kier alpha value is -2.25. The number of rotatable bonds is 2. The van der Waals surface area contributed by atoms with Gasteiger partial charge >= 0.3 is 6.18 Å². The molecule has 1 atom stereocenters. The Kier molecular flexibility index (Phi) is 3.33. The van der Waals surface area contributed by atoms with Crippen LogP contribution in [0, 0.1) is 0 Å².